The van der Waals surface area contributed by atoms with Crippen molar-refractivity contribution in [2.45, 2.75) is 39.2 Å². The van der Waals surface area contributed by atoms with Crippen molar-refractivity contribution in [2.24, 2.45) is 5.73 Å². The first-order chi connectivity index (χ1) is 9.40. The Kier molecular flexibility index (Phi) is 4.14. The van der Waals surface area contributed by atoms with Crippen molar-refractivity contribution < 1.29 is 9.53 Å². The van der Waals surface area contributed by atoms with Crippen molar-refractivity contribution in [3.63, 3.8) is 0 Å². The van der Waals surface area contributed by atoms with Gasteiger partial charge in [-0.2, -0.15) is 0 Å². The maximum atomic E-state index is 12.0. The van der Waals surface area contributed by atoms with Gasteiger partial charge in [-0.05, 0) is 45.4 Å². The van der Waals surface area contributed by atoms with Gasteiger partial charge in [0.25, 0.3) is 0 Å². The first-order valence-corrected chi connectivity index (χ1v) is 6.91. The Bertz CT molecular complexity index is 608. The van der Waals surface area contributed by atoms with Crippen molar-refractivity contribution in [1.29, 1.82) is 0 Å². The first kappa shape index (κ1) is 14.6. The topological polar surface area (TPSA) is 68.1 Å². The van der Waals surface area contributed by atoms with Crippen LogP contribution in [0.1, 0.15) is 32.0 Å². The van der Waals surface area contributed by atoms with Crippen LogP contribution in [0, 0.1) is 0 Å². The summed E-state index contributed by atoms with van der Waals surface area (Å²) in [6, 6.07) is 8.03. The molecule has 1 aromatic heterocycles. The zero-order valence-electron chi connectivity index (χ0n) is 12.3. The number of carbonyl (C=O) groups is 1. The molecular weight excluding hydrogens is 252 g/mol. The van der Waals surface area contributed by atoms with Crippen LogP contribution in [-0.4, -0.2) is 23.1 Å². The molecule has 0 amide bonds. The molecular formula is C16H22N2O2. The summed E-state index contributed by atoms with van der Waals surface area (Å²) in [7, 11) is 0. The fourth-order valence-corrected chi connectivity index (χ4v) is 2.36. The van der Waals surface area contributed by atoms with Crippen LogP contribution in [0.25, 0.3) is 10.9 Å². The summed E-state index contributed by atoms with van der Waals surface area (Å²) in [6.07, 6.45) is 1.00. The summed E-state index contributed by atoms with van der Waals surface area (Å²) in [6.45, 7) is 6.17. The monoisotopic (exact) mass is 274 g/mol. The van der Waals surface area contributed by atoms with Gasteiger partial charge in [-0.3, -0.25) is 4.79 Å². The molecule has 2 rings (SSSR count). The molecule has 0 fully saturated rings. The van der Waals surface area contributed by atoms with Crippen molar-refractivity contribution in [3.05, 3.63) is 35.5 Å². The summed E-state index contributed by atoms with van der Waals surface area (Å²) in [5.74, 6) is -0.220. The molecule has 108 valence electrons. The van der Waals surface area contributed by atoms with E-state index in [-0.39, 0.29) is 12.4 Å². The first-order valence-electron chi connectivity index (χ1n) is 6.91. The van der Waals surface area contributed by atoms with Crippen LogP contribution < -0.4 is 5.73 Å². The number of para-hydroxylation sites is 1. The van der Waals surface area contributed by atoms with Crippen LogP contribution in [0.4, 0.5) is 0 Å². The predicted octanol–water partition coefficient (Wildman–Crippen LogP) is 2.55. The maximum absolute atomic E-state index is 12.0. The highest BCUT2D eigenvalue weighted by Crippen LogP contribution is 2.23. The molecule has 0 atom stereocenters. The van der Waals surface area contributed by atoms with E-state index in [0.29, 0.717) is 6.54 Å². The van der Waals surface area contributed by atoms with Gasteiger partial charge in [0, 0.05) is 16.6 Å². The Morgan fingerprint density at radius 2 is 2.00 bits per heavy atom. The molecule has 0 unspecified atom stereocenters. The number of hydrogen-bond acceptors (Lipinski definition) is 3. The highest BCUT2D eigenvalue weighted by molar-refractivity contribution is 5.86. The number of esters is 1. The minimum Gasteiger partial charge on any atom is -0.460 e. The minimum absolute atomic E-state index is 0.220. The maximum Gasteiger partial charge on any atom is 0.312 e. The number of aromatic nitrogens is 1. The SMILES string of the molecule is CC(C)(C)OC(=O)Cc1[nH]c2ccccc2c1CCN. The average Bonchev–Trinajstić information content (AvgIpc) is 2.66. The van der Waals surface area contributed by atoms with E-state index in [1.807, 2.05) is 39.0 Å². The van der Waals surface area contributed by atoms with E-state index in [0.717, 1.165) is 28.6 Å². The van der Waals surface area contributed by atoms with Crippen LogP contribution in [0.15, 0.2) is 24.3 Å². The number of benzene rings is 1. The molecule has 4 nitrogen and oxygen atoms in total. The molecule has 4 heteroatoms. The Morgan fingerprint density at radius 3 is 2.65 bits per heavy atom. The second kappa shape index (κ2) is 5.67. The lowest BCUT2D eigenvalue weighted by molar-refractivity contribution is -0.154. The van der Waals surface area contributed by atoms with Gasteiger partial charge in [-0.15, -0.1) is 0 Å². The van der Waals surface area contributed by atoms with Crippen molar-refractivity contribution in [2.75, 3.05) is 6.54 Å². The molecule has 2 aromatic rings. The molecule has 0 aliphatic carbocycles. The standard InChI is InChI=1S/C16H22N2O2/c1-16(2,3)20-15(19)10-14-12(8-9-17)11-6-4-5-7-13(11)18-14/h4-7,18H,8-10,17H2,1-3H3. The molecule has 3 N–H and O–H groups in total. The third kappa shape index (κ3) is 3.39. The summed E-state index contributed by atoms with van der Waals surface area (Å²) in [5, 5.41) is 1.14. The number of rotatable bonds is 4. The van der Waals surface area contributed by atoms with E-state index in [4.69, 9.17) is 10.5 Å². The lowest BCUT2D eigenvalue weighted by Gasteiger charge is -2.19. The van der Waals surface area contributed by atoms with Crippen molar-refractivity contribution in [3.8, 4) is 0 Å². The average molecular weight is 274 g/mol. The fourth-order valence-electron chi connectivity index (χ4n) is 2.36. The number of fused-ring (bicyclic) bond motifs is 1. The molecule has 20 heavy (non-hydrogen) atoms. The summed E-state index contributed by atoms with van der Waals surface area (Å²) < 4.78 is 5.38. The number of hydrogen-bond donors (Lipinski definition) is 2. The normalized spacial score (nSPS) is 11.8. The minimum atomic E-state index is -0.461. The third-order valence-electron chi connectivity index (χ3n) is 3.04. The number of nitrogens with one attached hydrogen (secondary N) is 1. The molecule has 0 aliphatic heterocycles. The molecule has 0 radical (unpaired) electrons. The highest BCUT2D eigenvalue weighted by atomic mass is 16.6. The second-order valence-corrected chi connectivity index (χ2v) is 5.93. The van der Waals surface area contributed by atoms with E-state index in [1.54, 1.807) is 0 Å². The lowest BCUT2D eigenvalue weighted by Crippen LogP contribution is -2.25. The van der Waals surface area contributed by atoms with Gasteiger partial charge in [-0.1, -0.05) is 18.2 Å². The number of nitrogens with two attached hydrogens (primary N) is 1. The Labute approximate surface area is 119 Å². The van der Waals surface area contributed by atoms with Gasteiger partial charge in [0.15, 0.2) is 0 Å². The number of ether oxygens (including phenoxy) is 1. The van der Waals surface area contributed by atoms with Gasteiger partial charge in [0.2, 0.25) is 0 Å². The Balaban J connectivity index is 2.29. The Morgan fingerprint density at radius 1 is 1.30 bits per heavy atom. The van der Waals surface area contributed by atoms with Crippen molar-refractivity contribution in [1.82, 2.24) is 4.98 Å². The van der Waals surface area contributed by atoms with E-state index in [9.17, 15) is 4.79 Å². The number of carbonyl (C=O) groups excluding carboxylic acids is 1. The van der Waals surface area contributed by atoms with Gasteiger partial charge in [0.1, 0.15) is 5.60 Å². The van der Waals surface area contributed by atoms with Crippen LogP contribution in [0.3, 0.4) is 0 Å². The van der Waals surface area contributed by atoms with Crippen LogP contribution >= 0.6 is 0 Å². The van der Waals surface area contributed by atoms with Gasteiger partial charge in [0.05, 0.1) is 6.42 Å². The van der Waals surface area contributed by atoms with Crippen LogP contribution in [0.2, 0.25) is 0 Å². The molecule has 0 saturated carbocycles. The van der Waals surface area contributed by atoms with Gasteiger partial charge in [-0.25, -0.2) is 0 Å². The van der Waals surface area contributed by atoms with E-state index < -0.39 is 5.60 Å². The largest absolute Gasteiger partial charge is 0.460 e. The fraction of sp³-hybridized carbons (Fsp3) is 0.438. The quantitative estimate of drug-likeness (QED) is 0.842. The van der Waals surface area contributed by atoms with Crippen molar-refractivity contribution >= 4 is 16.9 Å². The van der Waals surface area contributed by atoms with E-state index >= 15 is 0 Å². The summed E-state index contributed by atoms with van der Waals surface area (Å²) >= 11 is 0. The van der Waals surface area contributed by atoms with E-state index in [2.05, 4.69) is 11.1 Å². The molecule has 1 aromatic carbocycles. The molecule has 1 heterocycles. The zero-order valence-corrected chi connectivity index (χ0v) is 12.3. The second-order valence-electron chi connectivity index (χ2n) is 5.93. The number of H-pyrrole nitrogens is 1. The number of aromatic amines is 1. The molecule has 0 saturated heterocycles. The van der Waals surface area contributed by atoms with Crippen LogP contribution in [-0.2, 0) is 22.4 Å². The van der Waals surface area contributed by atoms with Gasteiger partial charge >= 0.3 is 5.97 Å². The lowest BCUT2D eigenvalue weighted by atomic mass is 10.1. The smallest absolute Gasteiger partial charge is 0.312 e. The van der Waals surface area contributed by atoms with Gasteiger partial charge < -0.3 is 15.5 Å². The molecule has 0 spiro atoms. The molecule has 0 aliphatic rings. The zero-order chi connectivity index (χ0) is 14.8. The summed E-state index contributed by atoms with van der Waals surface area (Å²) in [5.41, 5.74) is 8.29. The molecule has 0 bridgehead atoms. The highest BCUT2D eigenvalue weighted by Gasteiger charge is 2.19. The Hall–Kier alpha value is -1.81. The summed E-state index contributed by atoms with van der Waals surface area (Å²) in [4.78, 5) is 15.3. The van der Waals surface area contributed by atoms with E-state index in [1.165, 1.54) is 0 Å². The predicted molar refractivity (Wildman–Crippen MR) is 80.6 cm³/mol. The third-order valence-corrected chi connectivity index (χ3v) is 3.04. The van der Waals surface area contributed by atoms with Crippen LogP contribution in [0.5, 0.6) is 0 Å².